The molecule has 3 rings (SSSR count). The summed E-state index contributed by atoms with van der Waals surface area (Å²) in [6, 6.07) is 17.1. The van der Waals surface area contributed by atoms with Crippen LogP contribution in [0.15, 0.2) is 54.6 Å². The van der Waals surface area contributed by atoms with Crippen LogP contribution in [0.25, 0.3) is 0 Å². The number of amides is 1. The van der Waals surface area contributed by atoms with Gasteiger partial charge in [0.05, 0.1) is 6.54 Å². The number of benzene rings is 2. The molecular formula is C20H23NO3. The first-order chi connectivity index (χ1) is 11.6. The Morgan fingerprint density at radius 3 is 2.46 bits per heavy atom. The minimum Gasteiger partial charge on any atom is -0.484 e. The van der Waals surface area contributed by atoms with Crippen LogP contribution in [0, 0.1) is 12.8 Å². The molecule has 24 heavy (non-hydrogen) atoms. The van der Waals surface area contributed by atoms with E-state index in [0.29, 0.717) is 5.75 Å². The summed E-state index contributed by atoms with van der Waals surface area (Å²) in [6.45, 7) is 2.15. The lowest BCUT2D eigenvalue weighted by molar-refractivity contribution is -0.124. The monoisotopic (exact) mass is 325 g/mol. The van der Waals surface area contributed by atoms with Crippen LogP contribution < -0.4 is 10.1 Å². The van der Waals surface area contributed by atoms with E-state index in [2.05, 4.69) is 5.32 Å². The van der Waals surface area contributed by atoms with Gasteiger partial charge in [0.2, 0.25) is 0 Å². The van der Waals surface area contributed by atoms with Gasteiger partial charge in [-0.05, 0) is 43.4 Å². The largest absolute Gasteiger partial charge is 0.484 e. The molecule has 1 aliphatic rings. The summed E-state index contributed by atoms with van der Waals surface area (Å²) < 4.78 is 5.48. The first-order valence-corrected chi connectivity index (χ1v) is 8.32. The fourth-order valence-electron chi connectivity index (χ4n) is 2.84. The first kappa shape index (κ1) is 16.5. The molecule has 0 spiro atoms. The van der Waals surface area contributed by atoms with E-state index < -0.39 is 5.60 Å². The molecule has 1 fully saturated rings. The van der Waals surface area contributed by atoms with Crippen molar-refractivity contribution in [2.24, 2.45) is 5.92 Å². The summed E-state index contributed by atoms with van der Waals surface area (Å²) in [4.78, 5) is 12.1. The molecule has 0 saturated heterocycles. The molecule has 1 unspecified atom stereocenters. The highest BCUT2D eigenvalue weighted by Crippen LogP contribution is 2.45. The molecule has 4 nitrogen and oxygen atoms in total. The van der Waals surface area contributed by atoms with Crippen LogP contribution >= 0.6 is 0 Å². The maximum absolute atomic E-state index is 12.1. The number of hydrogen-bond donors (Lipinski definition) is 2. The van der Waals surface area contributed by atoms with Gasteiger partial charge in [0.15, 0.2) is 6.61 Å². The van der Waals surface area contributed by atoms with E-state index in [0.717, 1.165) is 24.0 Å². The predicted molar refractivity (Wildman–Crippen MR) is 92.7 cm³/mol. The van der Waals surface area contributed by atoms with Gasteiger partial charge in [-0.3, -0.25) is 4.79 Å². The molecule has 0 aliphatic heterocycles. The number of aliphatic hydroxyl groups is 1. The van der Waals surface area contributed by atoms with E-state index in [1.807, 2.05) is 61.5 Å². The zero-order chi connectivity index (χ0) is 17.0. The van der Waals surface area contributed by atoms with Gasteiger partial charge in [-0.2, -0.15) is 0 Å². The molecule has 2 aromatic carbocycles. The van der Waals surface area contributed by atoms with Crippen LogP contribution in [0.1, 0.15) is 24.0 Å². The van der Waals surface area contributed by atoms with Crippen molar-refractivity contribution in [1.29, 1.82) is 0 Å². The van der Waals surface area contributed by atoms with Crippen LogP contribution in [-0.4, -0.2) is 24.2 Å². The smallest absolute Gasteiger partial charge is 0.258 e. The van der Waals surface area contributed by atoms with Crippen molar-refractivity contribution in [3.8, 4) is 5.75 Å². The van der Waals surface area contributed by atoms with Gasteiger partial charge in [-0.15, -0.1) is 0 Å². The number of rotatable bonds is 7. The maximum Gasteiger partial charge on any atom is 0.258 e. The summed E-state index contributed by atoms with van der Waals surface area (Å²) in [5.74, 6) is 0.639. The molecule has 2 N–H and O–H groups in total. The Morgan fingerprint density at radius 1 is 1.17 bits per heavy atom. The Kier molecular flexibility index (Phi) is 4.86. The van der Waals surface area contributed by atoms with E-state index in [1.165, 1.54) is 0 Å². The van der Waals surface area contributed by atoms with Crippen molar-refractivity contribution in [1.82, 2.24) is 5.32 Å². The average molecular weight is 325 g/mol. The van der Waals surface area contributed by atoms with Crippen LogP contribution in [-0.2, 0) is 10.4 Å². The molecule has 0 radical (unpaired) electrons. The number of carbonyl (C=O) groups is 1. The molecule has 2 aromatic rings. The Hall–Kier alpha value is -2.33. The highest BCUT2D eigenvalue weighted by Gasteiger charge is 2.45. The second kappa shape index (κ2) is 7.05. The van der Waals surface area contributed by atoms with Gasteiger partial charge in [0.25, 0.3) is 5.91 Å². The second-order valence-corrected chi connectivity index (χ2v) is 6.44. The van der Waals surface area contributed by atoms with E-state index in [-0.39, 0.29) is 25.0 Å². The molecule has 1 amide bonds. The van der Waals surface area contributed by atoms with Gasteiger partial charge in [-0.1, -0.05) is 48.0 Å². The third-order valence-corrected chi connectivity index (χ3v) is 4.47. The first-order valence-electron chi connectivity index (χ1n) is 8.32. The number of hydrogen-bond acceptors (Lipinski definition) is 3. The predicted octanol–water partition coefficient (Wildman–Crippen LogP) is 2.79. The van der Waals surface area contributed by atoms with Crippen molar-refractivity contribution in [2.45, 2.75) is 25.4 Å². The van der Waals surface area contributed by atoms with Crippen molar-refractivity contribution in [2.75, 3.05) is 13.2 Å². The van der Waals surface area contributed by atoms with Gasteiger partial charge in [0, 0.05) is 0 Å². The third-order valence-electron chi connectivity index (χ3n) is 4.47. The van der Waals surface area contributed by atoms with Gasteiger partial charge < -0.3 is 15.2 Å². The Labute approximate surface area is 142 Å². The third kappa shape index (κ3) is 3.95. The SMILES string of the molecule is Cc1ccc(OCC(=O)NCC(O)(c2ccccc2)C2CC2)cc1. The number of ether oxygens (including phenoxy) is 1. The van der Waals surface area contributed by atoms with E-state index >= 15 is 0 Å². The highest BCUT2D eigenvalue weighted by atomic mass is 16.5. The Morgan fingerprint density at radius 2 is 1.83 bits per heavy atom. The second-order valence-electron chi connectivity index (χ2n) is 6.44. The fourth-order valence-corrected chi connectivity index (χ4v) is 2.84. The molecule has 1 saturated carbocycles. The average Bonchev–Trinajstić information content (AvgIpc) is 3.45. The zero-order valence-corrected chi connectivity index (χ0v) is 13.9. The number of carbonyl (C=O) groups excluding carboxylic acids is 1. The summed E-state index contributed by atoms with van der Waals surface area (Å²) >= 11 is 0. The molecule has 0 bridgehead atoms. The summed E-state index contributed by atoms with van der Waals surface area (Å²) in [7, 11) is 0. The van der Waals surface area contributed by atoms with Crippen molar-refractivity contribution in [3.63, 3.8) is 0 Å². The van der Waals surface area contributed by atoms with Crippen LogP contribution in [0.4, 0.5) is 0 Å². The van der Waals surface area contributed by atoms with Gasteiger partial charge in [0.1, 0.15) is 11.4 Å². The molecule has 4 heteroatoms. The van der Waals surface area contributed by atoms with E-state index in [4.69, 9.17) is 4.74 Å². The van der Waals surface area contributed by atoms with Gasteiger partial charge >= 0.3 is 0 Å². The zero-order valence-electron chi connectivity index (χ0n) is 13.9. The Balaban J connectivity index is 1.55. The molecule has 1 atom stereocenters. The quantitative estimate of drug-likeness (QED) is 0.823. The van der Waals surface area contributed by atoms with E-state index in [1.54, 1.807) is 0 Å². The summed E-state index contributed by atoms with van der Waals surface area (Å²) in [5.41, 5.74) is 0.997. The maximum atomic E-state index is 12.1. The van der Waals surface area contributed by atoms with Gasteiger partial charge in [-0.25, -0.2) is 0 Å². The number of nitrogens with one attached hydrogen (secondary N) is 1. The van der Waals surface area contributed by atoms with Crippen LogP contribution in [0.3, 0.4) is 0 Å². The molecular weight excluding hydrogens is 302 g/mol. The summed E-state index contributed by atoms with van der Waals surface area (Å²) in [5, 5.41) is 13.8. The molecule has 1 aliphatic carbocycles. The fraction of sp³-hybridized carbons (Fsp3) is 0.350. The van der Waals surface area contributed by atoms with Crippen molar-refractivity contribution < 1.29 is 14.6 Å². The minimum absolute atomic E-state index is 0.0569. The van der Waals surface area contributed by atoms with Crippen molar-refractivity contribution in [3.05, 3.63) is 65.7 Å². The molecule has 0 aromatic heterocycles. The number of aryl methyl sites for hydroxylation is 1. The van der Waals surface area contributed by atoms with Crippen LogP contribution in [0.5, 0.6) is 5.75 Å². The lowest BCUT2D eigenvalue weighted by Gasteiger charge is -2.29. The minimum atomic E-state index is -0.999. The normalized spacial score (nSPS) is 16.2. The van der Waals surface area contributed by atoms with E-state index in [9.17, 15) is 9.90 Å². The topological polar surface area (TPSA) is 58.6 Å². The highest BCUT2D eigenvalue weighted by molar-refractivity contribution is 5.77. The lowest BCUT2D eigenvalue weighted by atomic mass is 9.88. The van der Waals surface area contributed by atoms with Crippen molar-refractivity contribution >= 4 is 5.91 Å². The Bertz CT molecular complexity index is 680. The van der Waals surface area contributed by atoms with Crippen LogP contribution in [0.2, 0.25) is 0 Å². The molecule has 126 valence electrons. The lowest BCUT2D eigenvalue weighted by Crippen LogP contribution is -2.43. The standard InChI is InChI=1S/C20H23NO3/c1-15-7-11-18(12-8-15)24-13-19(22)21-14-20(23,17-9-10-17)16-5-3-2-4-6-16/h2-8,11-12,17,23H,9-10,13-14H2,1H3,(H,21,22). The molecule has 0 heterocycles. The summed E-state index contributed by atoms with van der Waals surface area (Å²) in [6.07, 6.45) is 1.97.